The zero-order valence-corrected chi connectivity index (χ0v) is 6.69. The lowest BCUT2D eigenvalue weighted by molar-refractivity contribution is 1.03. The summed E-state index contributed by atoms with van der Waals surface area (Å²) < 4.78 is 0. The van der Waals surface area contributed by atoms with Gasteiger partial charge in [0.15, 0.2) is 0 Å². The number of hydrogen-bond acceptors (Lipinski definition) is 2. The first kappa shape index (κ1) is 9.40. The van der Waals surface area contributed by atoms with E-state index < -0.39 is 0 Å². The maximum Gasteiger partial charge on any atom is 0.0300 e. The van der Waals surface area contributed by atoms with E-state index in [1.54, 1.807) is 6.20 Å². The van der Waals surface area contributed by atoms with Crippen molar-refractivity contribution in [2.45, 2.75) is 13.5 Å². The van der Waals surface area contributed by atoms with Gasteiger partial charge in [-0.15, -0.1) is 12.4 Å². The molecule has 1 aromatic rings. The summed E-state index contributed by atoms with van der Waals surface area (Å²) >= 11 is 0. The van der Waals surface area contributed by atoms with Crippen molar-refractivity contribution in [2.24, 2.45) is 5.73 Å². The summed E-state index contributed by atoms with van der Waals surface area (Å²) in [5.74, 6) is 0. The molecule has 0 amide bonds. The molecule has 0 fully saturated rings. The largest absolute Gasteiger partial charge is 0.326 e. The summed E-state index contributed by atoms with van der Waals surface area (Å²) in [6, 6.07) is 1.94. The molecule has 2 N–H and O–H groups in total. The average Bonchev–Trinajstić information content (AvgIpc) is 1.89. The second-order valence-electron chi connectivity index (χ2n) is 2.01. The third kappa shape index (κ3) is 1.97. The Morgan fingerprint density at radius 2 is 2.30 bits per heavy atom. The first-order valence-electron chi connectivity index (χ1n) is 2.94. The van der Waals surface area contributed by atoms with Gasteiger partial charge in [-0.3, -0.25) is 4.98 Å². The van der Waals surface area contributed by atoms with E-state index >= 15 is 0 Å². The van der Waals surface area contributed by atoms with E-state index in [1.807, 2.05) is 19.2 Å². The maximum absolute atomic E-state index is 5.42. The Labute approximate surface area is 66.9 Å². The predicted molar refractivity (Wildman–Crippen MR) is 44.1 cm³/mol. The number of hydrogen-bond donors (Lipinski definition) is 1. The van der Waals surface area contributed by atoms with Gasteiger partial charge in [0.05, 0.1) is 0 Å². The number of nitrogens with two attached hydrogens (primary N) is 1. The Bertz CT molecular complexity index is 201. The quantitative estimate of drug-likeness (QED) is 0.669. The van der Waals surface area contributed by atoms with E-state index in [2.05, 4.69) is 4.98 Å². The SMILES string of the molecule is Cc1cnccc1CN.Cl. The van der Waals surface area contributed by atoms with Crippen molar-refractivity contribution in [3.63, 3.8) is 0 Å². The van der Waals surface area contributed by atoms with Crippen molar-refractivity contribution in [3.8, 4) is 0 Å². The molecule has 0 aromatic carbocycles. The summed E-state index contributed by atoms with van der Waals surface area (Å²) in [6.45, 7) is 2.61. The molecule has 0 aliphatic carbocycles. The minimum absolute atomic E-state index is 0. The highest BCUT2D eigenvalue weighted by molar-refractivity contribution is 5.85. The van der Waals surface area contributed by atoms with Gasteiger partial charge in [-0.2, -0.15) is 0 Å². The van der Waals surface area contributed by atoms with E-state index in [9.17, 15) is 0 Å². The molecule has 2 nitrogen and oxygen atoms in total. The third-order valence-corrected chi connectivity index (χ3v) is 1.36. The van der Waals surface area contributed by atoms with Crippen LogP contribution in [0.3, 0.4) is 0 Å². The molecule has 0 unspecified atom stereocenters. The lowest BCUT2D eigenvalue weighted by atomic mass is 10.2. The smallest absolute Gasteiger partial charge is 0.0300 e. The van der Waals surface area contributed by atoms with Gasteiger partial charge >= 0.3 is 0 Å². The van der Waals surface area contributed by atoms with Gasteiger partial charge in [0.2, 0.25) is 0 Å². The molecule has 10 heavy (non-hydrogen) atoms. The molecule has 0 bridgehead atoms. The molecule has 1 rings (SSSR count). The fraction of sp³-hybridized carbons (Fsp3) is 0.286. The predicted octanol–water partition coefficient (Wildman–Crippen LogP) is 1.27. The van der Waals surface area contributed by atoms with Gasteiger partial charge in [-0.25, -0.2) is 0 Å². The Morgan fingerprint density at radius 1 is 1.60 bits per heavy atom. The second-order valence-corrected chi connectivity index (χ2v) is 2.01. The topological polar surface area (TPSA) is 38.9 Å². The van der Waals surface area contributed by atoms with E-state index in [-0.39, 0.29) is 12.4 Å². The number of rotatable bonds is 1. The number of aromatic nitrogens is 1. The number of pyridine rings is 1. The molecular weight excluding hydrogens is 148 g/mol. The zero-order chi connectivity index (χ0) is 6.69. The van der Waals surface area contributed by atoms with Crippen molar-refractivity contribution < 1.29 is 0 Å². The summed E-state index contributed by atoms with van der Waals surface area (Å²) in [5, 5.41) is 0. The van der Waals surface area contributed by atoms with Crippen LogP contribution in [0.4, 0.5) is 0 Å². The molecule has 0 aliphatic heterocycles. The monoisotopic (exact) mass is 158 g/mol. The second kappa shape index (κ2) is 4.25. The highest BCUT2D eigenvalue weighted by atomic mass is 35.5. The fourth-order valence-electron chi connectivity index (χ4n) is 0.731. The van der Waals surface area contributed by atoms with E-state index in [0.29, 0.717) is 6.54 Å². The minimum atomic E-state index is 0. The number of halogens is 1. The Hall–Kier alpha value is -0.600. The summed E-state index contributed by atoms with van der Waals surface area (Å²) in [6.07, 6.45) is 3.58. The standard InChI is InChI=1S/C7H10N2.ClH/c1-6-5-9-3-2-7(6)4-8;/h2-3,5H,4,8H2,1H3;1H. The van der Waals surface area contributed by atoms with Crippen molar-refractivity contribution in [1.82, 2.24) is 4.98 Å². The van der Waals surface area contributed by atoms with Crippen LogP contribution in [0.5, 0.6) is 0 Å². The Morgan fingerprint density at radius 3 is 2.70 bits per heavy atom. The van der Waals surface area contributed by atoms with Gasteiger partial charge in [0.25, 0.3) is 0 Å². The number of aryl methyl sites for hydroxylation is 1. The molecule has 1 heterocycles. The first-order chi connectivity index (χ1) is 4.34. The van der Waals surface area contributed by atoms with Crippen LogP contribution in [0, 0.1) is 6.92 Å². The van der Waals surface area contributed by atoms with Crippen molar-refractivity contribution >= 4 is 12.4 Å². The third-order valence-electron chi connectivity index (χ3n) is 1.36. The molecule has 0 atom stereocenters. The van der Waals surface area contributed by atoms with Gasteiger partial charge in [0, 0.05) is 18.9 Å². The van der Waals surface area contributed by atoms with Crippen molar-refractivity contribution in [3.05, 3.63) is 29.6 Å². The molecule has 1 aromatic heterocycles. The lowest BCUT2D eigenvalue weighted by Gasteiger charge is -1.97. The lowest BCUT2D eigenvalue weighted by Crippen LogP contribution is -1.98. The van der Waals surface area contributed by atoms with E-state index in [1.165, 1.54) is 11.1 Å². The minimum Gasteiger partial charge on any atom is -0.326 e. The van der Waals surface area contributed by atoms with Crippen molar-refractivity contribution in [1.29, 1.82) is 0 Å². The van der Waals surface area contributed by atoms with E-state index in [0.717, 1.165) is 0 Å². The van der Waals surface area contributed by atoms with Gasteiger partial charge < -0.3 is 5.73 Å². The molecule has 3 heteroatoms. The normalized spacial score (nSPS) is 8.60. The maximum atomic E-state index is 5.42. The van der Waals surface area contributed by atoms with Crippen LogP contribution in [0.1, 0.15) is 11.1 Å². The van der Waals surface area contributed by atoms with Crippen molar-refractivity contribution in [2.75, 3.05) is 0 Å². The first-order valence-corrected chi connectivity index (χ1v) is 2.94. The van der Waals surface area contributed by atoms with Crippen LogP contribution in [0.2, 0.25) is 0 Å². The van der Waals surface area contributed by atoms with Gasteiger partial charge in [-0.1, -0.05) is 0 Å². The van der Waals surface area contributed by atoms with Gasteiger partial charge in [-0.05, 0) is 24.1 Å². The van der Waals surface area contributed by atoms with Crippen LogP contribution in [-0.4, -0.2) is 4.98 Å². The Balaban J connectivity index is 0.000000810. The van der Waals surface area contributed by atoms with Crippen LogP contribution in [-0.2, 0) is 6.54 Å². The molecule has 0 saturated carbocycles. The summed E-state index contributed by atoms with van der Waals surface area (Å²) in [5.41, 5.74) is 7.76. The average molecular weight is 159 g/mol. The fourth-order valence-corrected chi connectivity index (χ4v) is 0.731. The molecule has 56 valence electrons. The van der Waals surface area contributed by atoms with E-state index in [4.69, 9.17) is 5.73 Å². The Kier molecular flexibility index (Phi) is 4.00. The molecule has 0 aliphatic rings. The van der Waals surface area contributed by atoms with Crippen LogP contribution < -0.4 is 5.73 Å². The summed E-state index contributed by atoms with van der Waals surface area (Å²) in [4.78, 5) is 3.94. The highest BCUT2D eigenvalue weighted by Crippen LogP contribution is 2.01. The summed E-state index contributed by atoms with van der Waals surface area (Å²) in [7, 11) is 0. The highest BCUT2D eigenvalue weighted by Gasteiger charge is 1.90. The van der Waals surface area contributed by atoms with Crippen LogP contribution >= 0.6 is 12.4 Å². The molecule has 0 saturated heterocycles. The molecule has 0 radical (unpaired) electrons. The molecular formula is C7H11ClN2. The van der Waals surface area contributed by atoms with Crippen LogP contribution in [0.25, 0.3) is 0 Å². The zero-order valence-electron chi connectivity index (χ0n) is 5.87. The van der Waals surface area contributed by atoms with Crippen LogP contribution in [0.15, 0.2) is 18.5 Å². The molecule has 0 spiro atoms. The number of nitrogens with zero attached hydrogens (tertiary/aromatic N) is 1. The van der Waals surface area contributed by atoms with Gasteiger partial charge in [0.1, 0.15) is 0 Å².